The molecule has 0 fully saturated rings. The molecule has 0 aliphatic carbocycles. The summed E-state index contributed by atoms with van der Waals surface area (Å²) in [6, 6.07) is 7.98. The van der Waals surface area contributed by atoms with Gasteiger partial charge in [0.05, 0.1) is 22.7 Å². The lowest BCUT2D eigenvalue weighted by molar-refractivity contribution is 0.513. The minimum absolute atomic E-state index is 0.591. The molecule has 2 aromatic rings. The summed E-state index contributed by atoms with van der Waals surface area (Å²) in [7, 11) is 0. The summed E-state index contributed by atoms with van der Waals surface area (Å²) in [6.07, 6.45) is 3.35. The van der Waals surface area contributed by atoms with Gasteiger partial charge >= 0.3 is 0 Å². The molecule has 0 aliphatic heterocycles. The van der Waals surface area contributed by atoms with Crippen molar-refractivity contribution in [3.8, 4) is 6.07 Å². The summed E-state index contributed by atoms with van der Waals surface area (Å²) >= 11 is 0. The highest BCUT2D eigenvalue weighted by atomic mass is 15.1. The van der Waals surface area contributed by atoms with Crippen molar-refractivity contribution in [1.82, 2.24) is 9.55 Å². The highest BCUT2D eigenvalue weighted by Crippen LogP contribution is 2.20. The van der Waals surface area contributed by atoms with Gasteiger partial charge in [-0.2, -0.15) is 5.26 Å². The maximum Gasteiger partial charge on any atom is 0.109 e. The van der Waals surface area contributed by atoms with Crippen LogP contribution in [0.15, 0.2) is 18.2 Å². The molecule has 0 atom stereocenters. The van der Waals surface area contributed by atoms with Crippen LogP contribution in [0.3, 0.4) is 0 Å². The lowest BCUT2D eigenvalue weighted by Crippen LogP contribution is -2.08. The molecule has 0 amide bonds. The second-order valence-corrected chi connectivity index (χ2v) is 5.45. The number of fused-ring (bicyclic) bond motifs is 1. The quantitative estimate of drug-likeness (QED) is 0.813. The zero-order chi connectivity index (χ0) is 13.8. The van der Waals surface area contributed by atoms with Crippen molar-refractivity contribution in [2.24, 2.45) is 5.92 Å². The first-order chi connectivity index (χ1) is 9.15. The Hall–Kier alpha value is -1.82. The van der Waals surface area contributed by atoms with E-state index >= 15 is 0 Å². The van der Waals surface area contributed by atoms with Crippen LogP contribution < -0.4 is 0 Å². The molecule has 0 spiro atoms. The Morgan fingerprint density at radius 3 is 2.79 bits per heavy atom. The van der Waals surface area contributed by atoms with Crippen molar-refractivity contribution in [3.05, 3.63) is 29.6 Å². The summed E-state index contributed by atoms with van der Waals surface area (Å²) < 4.78 is 2.32. The molecule has 0 unspecified atom stereocenters. The van der Waals surface area contributed by atoms with E-state index in [-0.39, 0.29) is 0 Å². The molecule has 1 heterocycles. The Bertz CT molecular complexity index is 602. The number of hydrogen-bond acceptors (Lipinski definition) is 2. The molecular weight excluding hydrogens is 234 g/mol. The average Bonchev–Trinajstić information content (AvgIpc) is 2.73. The SMILES string of the molecule is CCCCc1nc2cc(C#N)ccc2n1CC(C)C. The summed E-state index contributed by atoms with van der Waals surface area (Å²) in [4.78, 5) is 4.72. The number of unbranched alkanes of at least 4 members (excludes halogenated alkanes) is 1. The predicted octanol–water partition coefficient (Wildman–Crippen LogP) is 3.91. The number of benzene rings is 1. The number of nitriles is 1. The van der Waals surface area contributed by atoms with Crippen LogP contribution >= 0.6 is 0 Å². The van der Waals surface area contributed by atoms with Crippen LogP contribution in [-0.2, 0) is 13.0 Å². The van der Waals surface area contributed by atoms with Crippen LogP contribution in [0.4, 0.5) is 0 Å². The lowest BCUT2D eigenvalue weighted by atomic mass is 10.2. The summed E-state index contributed by atoms with van der Waals surface area (Å²) in [5.74, 6) is 1.74. The van der Waals surface area contributed by atoms with Gasteiger partial charge in [0.15, 0.2) is 0 Å². The zero-order valence-corrected chi connectivity index (χ0v) is 12.0. The van der Waals surface area contributed by atoms with Crippen LogP contribution in [0.2, 0.25) is 0 Å². The van der Waals surface area contributed by atoms with Gasteiger partial charge in [-0.15, -0.1) is 0 Å². The van der Waals surface area contributed by atoms with Crippen LogP contribution in [0, 0.1) is 17.2 Å². The fraction of sp³-hybridized carbons (Fsp3) is 0.500. The number of aryl methyl sites for hydroxylation is 1. The Kier molecular flexibility index (Phi) is 4.21. The molecule has 19 heavy (non-hydrogen) atoms. The number of hydrogen-bond donors (Lipinski definition) is 0. The molecular formula is C16H21N3. The third-order valence-electron chi connectivity index (χ3n) is 3.26. The second-order valence-electron chi connectivity index (χ2n) is 5.45. The molecule has 1 aromatic heterocycles. The minimum atomic E-state index is 0.591. The van der Waals surface area contributed by atoms with E-state index in [2.05, 4.69) is 31.4 Å². The number of imidazole rings is 1. The Morgan fingerprint density at radius 2 is 2.16 bits per heavy atom. The van der Waals surface area contributed by atoms with Crippen molar-refractivity contribution in [2.75, 3.05) is 0 Å². The Labute approximate surface area is 114 Å². The van der Waals surface area contributed by atoms with E-state index < -0.39 is 0 Å². The average molecular weight is 255 g/mol. The van der Waals surface area contributed by atoms with Crippen LogP contribution in [0.5, 0.6) is 0 Å². The van der Waals surface area contributed by atoms with Gasteiger partial charge < -0.3 is 4.57 Å². The maximum absolute atomic E-state index is 8.98. The first-order valence-corrected chi connectivity index (χ1v) is 7.05. The van der Waals surface area contributed by atoms with Gasteiger partial charge in [0.25, 0.3) is 0 Å². The van der Waals surface area contributed by atoms with Gasteiger partial charge in [-0.05, 0) is 30.5 Å². The van der Waals surface area contributed by atoms with E-state index in [1.807, 2.05) is 18.2 Å². The summed E-state index contributed by atoms with van der Waals surface area (Å²) in [6.45, 7) is 7.63. The standard InChI is InChI=1S/C16H21N3/c1-4-5-6-16-18-14-9-13(10-17)7-8-15(14)19(16)11-12(2)3/h7-9,12H,4-6,11H2,1-3H3. The number of nitrogens with zero attached hydrogens (tertiary/aromatic N) is 3. The van der Waals surface area contributed by atoms with Gasteiger partial charge in [0, 0.05) is 13.0 Å². The molecule has 0 radical (unpaired) electrons. The van der Waals surface area contributed by atoms with Crippen molar-refractivity contribution in [1.29, 1.82) is 5.26 Å². The highest BCUT2D eigenvalue weighted by Gasteiger charge is 2.11. The minimum Gasteiger partial charge on any atom is -0.328 e. The summed E-state index contributed by atoms with van der Waals surface area (Å²) in [5, 5.41) is 8.98. The molecule has 0 aliphatic rings. The van der Waals surface area contributed by atoms with Crippen LogP contribution in [0.25, 0.3) is 11.0 Å². The van der Waals surface area contributed by atoms with Gasteiger partial charge in [-0.1, -0.05) is 27.2 Å². The molecule has 0 saturated carbocycles. The maximum atomic E-state index is 8.98. The molecule has 3 nitrogen and oxygen atoms in total. The lowest BCUT2D eigenvalue weighted by Gasteiger charge is -2.11. The van der Waals surface area contributed by atoms with Gasteiger partial charge in [0.2, 0.25) is 0 Å². The van der Waals surface area contributed by atoms with Crippen molar-refractivity contribution >= 4 is 11.0 Å². The van der Waals surface area contributed by atoms with Crippen molar-refractivity contribution in [2.45, 2.75) is 46.6 Å². The van der Waals surface area contributed by atoms with E-state index in [9.17, 15) is 0 Å². The first kappa shape index (κ1) is 13.6. The van der Waals surface area contributed by atoms with Gasteiger partial charge in [-0.3, -0.25) is 0 Å². The monoisotopic (exact) mass is 255 g/mol. The van der Waals surface area contributed by atoms with E-state index in [1.165, 1.54) is 6.42 Å². The van der Waals surface area contributed by atoms with Gasteiger partial charge in [-0.25, -0.2) is 4.98 Å². The predicted molar refractivity (Wildman–Crippen MR) is 77.9 cm³/mol. The largest absolute Gasteiger partial charge is 0.328 e. The fourth-order valence-corrected chi connectivity index (χ4v) is 2.34. The topological polar surface area (TPSA) is 41.6 Å². The Morgan fingerprint density at radius 1 is 1.37 bits per heavy atom. The molecule has 100 valence electrons. The van der Waals surface area contributed by atoms with Crippen molar-refractivity contribution < 1.29 is 0 Å². The highest BCUT2D eigenvalue weighted by molar-refractivity contribution is 5.77. The van der Waals surface area contributed by atoms with Crippen LogP contribution in [0.1, 0.15) is 45.0 Å². The van der Waals surface area contributed by atoms with E-state index in [1.54, 1.807) is 0 Å². The third kappa shape index (κ3) is 2.96. The normalized spacial score (nSPS) is 11.1. The van der Waals surface area contributed by atoms with E-state index in [4.69, 9.17) is 10.2 Å². The van der Waals surface area contributed by atoms with Crippen molar-refractivity contribution in [3.63, 3.8) is 0 Å². The van der Waals surface area contributed by atoms with E-state index in [0.717, 1.165) is 36.2 Å². The number of rotatable bonds is 5. The van der Waals surface area contributed by atoms with Crippen LogP contribution in [-0.4, -0.2) is 9.55 Å². The third-order valence-corrected chi connectivity index (χ3v) is 3.26. The summed E-state index contributed by atoms with van der Waals surface area (Å²) in [5.41, 5.74) is 2.79. The van der Waals surface area contributed by atoms with Gasteiger partial charge in [0.1, 0.15) is 5.82 Å². The smallest absolute Gasteiger partial charge is 0.109 e. The fourth-order valence-electron chi connectivity index (χ4n) is 2.34. The second kappa shape index (κ2) is 5.88. The molecule has 3 heteroatoms. The molecule has 0 bridgehead atoms. The Balaban J connectivity index is 2.49. The molecule has 0 saturated heterocycles. The van der Waals surface area contributed by atoms with E-state index in [0.29, 0.717) is 11.5 Å². The molecule has 2 rings (SSSR count). The number of aromatic nitrogens is 2. The molecule has 1 aromatic carbocycles. The zero-order valence-electron chi connectivity index (χ0n) is 12.0. The molecule has 0 N–H and O–H groups in total. The first-order valence-electron chi connectivity index (χ1n) is 7.05.